The number of halogens is 1. The van der Waals surface area contributed by atoms with E-state index in [1.807, 2.05) is 0 Å². The van der Waals surface area contributed by atoms with Crippen molar-refractivity contribution in [1.82, 2.24) is 0 Å². The van der Waals surface area contributed by atoms with Crippen molar-refractivity contribution in [2.75, 3.05) is 4.93 Å². The zero-order chi connectivity index (χ0) is 13.9. The first-order chi connectivity index (χ1) is 8.93. The van der Waals surface area contributed by atoms with E-state index in [1.54, 1.807) is 3.57 Å². The van der Waals surface area contributed by atoms with E-state index in [-0.39, 0.29) is 0 Å². The molecule has 2 aromatic rings. The first-order valence-electron chi connectivity index (χ1n) is 6.70. The van der Waals surface area contributed by atoms with Gasteiger partial charge >= 0.3 is 122 Å². The summed E-state index contributed by atoms with van der Waals surface area (Å²) in [5, 5.41) is 0. The van der Waals surface area contributed by atoms with Crippen LogP contribution in [0.3, 0.4) is 0 Å². The fraction of sp³-hybridized carbons (Fsp3) is 0.333. The molecule has 0 fully saturated rings. The van der Waals surface area contributed by atoms with Crippen molar-refractivity contribution in [2.24, 2.45) is 0 Å². The van der Waals surface area contributed by atoms with Crippen molar-refractivity contribution in [2.45, 2.75) is 28.6 Å². The van der Waals surface area contributed by atoms with Gasteiger partial charge in [-0.25, -0.2) is 0 Å². The summed E-state index contributed by atoms with van der Waals surface area (Å²) in [7, 11) is 0. The van der Waals surface area contributed by atoms with Crippen molar-refractivity contribution < 1.29 is 18.4 Å². The average Bonchev–Trinajstić information content (AvgIpc) is 2.39. The van der Waals surface area contributed by atoms with Gasteiger partial charge in [-0.2, -0.15) is 0 Å². The van der Waals surface area contributed by atoms with Gasteiger partial charge in [-0.3, -0.25) is 0 Å². The van der Waals surface area contributed by atoms with Crippen LogP contribution in [-0.2, 0) is 4.43 Å². The fourth-order valence-electron chi connectivity index (χ4n) is 2.17. The Kier molecular flexibility index (Phi) is 4.34. The average molecular weight is 367 g/mol. The molecule has 104 valence electrons. The summed E-state index contributed by atoms with van der Waals surface area (Å²) < 4.78 is 3.25. The second-order valence-corrected chi connectivity index (χ2v) is 17.0. The Labute approximate surface area is 121 Å². The Morgan fingerprint density at radius 3 is 1.74 bits per heavy atom. The minimum atomic E-state index is -2.07. The van der Waals surface area contributed by atoms with Gasteiger partial charge in [0.1, 0.15) is 0 Å². The predicted octanol–water partition coefficient (Wildman–Crippen LogP) is 1.65. The van der Waals surface area contributed by atoms with E-state index in [0.717, 1.165) is 0 Å². The van der Waals surface area contributed by atoms with Gasteiger partial charge in [0.2, 0.25) is 0 Å². The topological polar surface area (TPSA) is 0 Å². The van der Waals surface area contributed by atoms with Crippen LogP contribution in [0, 0.1) is 3.57 Å². The number of benzene rings is 2. The Morgan fingerprint density at radius 1 is 0.789 bits per heavy atom. The van der Waals surface area contributed by atoms with Crippen LogP contribution in [0.25, 0.3) is 0 Å². The number of hydrogen-bond acceptors (Lipinski definition) is 0. The first kappa shape index (κ1) is 14.6. The molecule has 1 heteroatoms. The molecule has 0 N–H and O–H groups in total. The molecule has 0 radical (unpaired) electrons. The Morgan fingerprint density at radius 2 is 1.26 bits per heavy atom. The monoisotopic (exact) mass is 367 g/mol. The van der Waals surface area contributed by atoms with Crippen molar-refractivity contribution in [3.63, 3.8) is 0 Å². The van der Waals surface area contributed by atoms with E-state index in [2.05, 4.69) is 86.4 Å². The third-order valence-corrected chi connectivity index (χ3v) is 16.7. The predicted molar refractivity (Wildman–Crippen MR) is 81.0 cm³/mol. The van der Waals surface area contributed by atoms with Gasteiger partial charge < -0.3 is 0 Å². The molecule has 0 saturated carbocycles. The standard InChI is InChI=1S/C18H24I/c1-18(2,3)19(4,17-13-9-6-10-14-17)15-16-11-7-5-8-12-16/h5-14H,15H2,1-4H3/q-1. The molecule has 0 nitrogen and oxygen atoms in total. The fourth-order valence-corrected chi connectivity index (χ4v) is 9.90. The molecule has 1 unspecified atom stereocenters. The van der Waals surface area contributed by atoms with Crippen LogP contribution in [0.2, 0.25) is 0 Å². The SMILES string of the molecule is CC(C)(C)[I-](C)(Cc1ccccc1)c1ccccc1. The third-order valence-electron chi connectivity index (χ3n) is 3.73. The van der Waals surface area contributed by atoms with Gasteiger partial charge in [-0.1, -0.05) is 0 Å². The normalized spacial score (nSPS) is 16.6. The van der Waals surface area contributed by atoms with Gasteiger partial charge in [-0.05, 0) is 0 Å². The Bertz CT molecular complexity index is 510. The summed E-state index contributed by atoms with van der Waals surface area (Å²) in [5.41, 5.74) is 1.49. The summed E-state index contributed by atoms with van der Waals surface area (Å²) in [6.45, 7) is 7.25. The molecule has 2 rings (SSSR count). The van der Waals surface area contributed by atoms with Gasteiger partial charge in [0.25, 0.3) is 0 Å². The molecule has 0 spiro atoms. The van der Waals surface area contributed by atoms with Crippen LogP contribution >= 0.6 is 0 Å². The van der Waals surface area contributed by atoms with Gasteiger partial charge in [0.15, 0.2) is 0 Å². The molecule has 0 heterocycles. The second kappa shape index (κ2) is 5.66. The molecule has 19 heavy (non-hydrogen) atoms. The van der Waals surface area contributed by atoms with Gasteiger partial charge in [0, 0.05) is 0 Å². The van der Waals surface area contributed by atoms with Crippen LogP contribution in [-0.4, -0.2) is 8.35 Å². The summed E-state index contributed by atoms with van der Waals surface area (Å²) in [5.74, 6) is 0. The molecule has 0 aliphatic rings. The molecule has 0 aliphatic heterocycles. The third kappa shape index (κ3) is 3.19. The van der Waals surface area contributed by atoms with Crippen molar-refractivity contribution in [3.05, 3.63) is 69.8 Å². The van der Waals surface area contributed by atoms with Crippen LogP contribution in [0.4, 0.5) is 0 Å². The molecule has 0 saturated heterocycles. The molecule has 0 amide bonds. The maximum atomic E-state index is 2.56. The quantitative estimate of drug-likeness (QED) is 0.572. The van der Waals surface area contributed by atoms with Crippen molar-refractivity contribution >= 4 is 0 Å². The summed E-state index contributed by atoms with van der Waals surface area (Å²) in [6.07, 6.45) is 0. The Hall–Kier alpha value is -0.830. The van der Waals surface area contributed by atoms with E-state index in [4.69, 9.17) is 0 Å². The number of hydrogen-bond donors (Lipinski definition) is 0. The zero-order valence-corrected chi connectivity index (χ0v) is 14.5. The molecular formula is C18H24I-. The van der Waals surface area contributed by atoms with Gasteiger partial charge in [0.05, 0.1) is 0 Å². The van der Waals surface area contributed by atoms with E-state index < -0.39 is 18.4 Å². The second-order valence-electron chi connectivity index (χ2n) is 5.99. The van der Waals surface area contributed by atoms with E-state index in [1.165, 1.54) is 9.99 Å². The van der Waals surface area contributed by atoms with Crippen molar-refractivity contribution in [3.8, 4) is 0 Å². The number of rotatable bonds is 3. The Balaban J connectivity index is 2.42. The zero-order valence-electron chi connectivity index (χ0n) is 12.4. The van der Waals surface area contributed by atoms with E-state index in [0.29, 0.717) is 3.42 Å². The van der Waals surface area contributed by atoms with E-state index in [9.17, 15) is 0 Å². The van der Waals surface area contributed by atoms with Crippen LogP contribution < -0.4 is 18.4 Å². The van der Waals surface area contributed by atoms with Crippen LogP contribution in [0.5, 0.6) is 0 Å². The molecule has 0 aromatic heterocycles. The minimum absolute atomic E-state index is 0.392. The van der Waals surface area contributed by atoms with Crippen LogP contribution in [0.15, 0.2) is 60.7 Å². The first-order valence-corrected chi connectivity index (χ1v) is 12.5. The molecular weight excluding hydrogens is 343 g/mol. The summed E-state index contributed by atoms with van der Waals surface area (Å²) >= 11 is -2.07. The molecule has 0 bridgehead atoms. The van der Waals surface area contributed by atoms with Gasteiger partial charge in [-0.15, -0.1) is 0 Å². The van der Waals surface area contributed by atoms with Crippen LogP contribution in [0.1, 0.15) is 26.3 Å². The van der Waals surface area contributed by atoms with E-state index >= 15 is 0 Å². The molecule has 2 aromatic carbocycles. The maximum absolute atomic E-state index is 2.56. The summed E-state index contributed by atoms with van der Waals surface area (Å²) in [6, 6.07) is 22.1. The molecule has 0 aliphatic carbocycles. The number of alkyl halides is 3. The summed E-state index contributed by atoms with van der Waals surface area (Å²) in [4.78, 5) is 2.56. The molecule has 1 atom stereocenters. The van der Waals surface area contributed by atoms with Crippen molar-refractivity contribution in [1.29, 1.82) is 0 Å².